The molecule has 1 aromatic rings. The minimum atomic E-state index is -0.343. The molecule has 0 bridgehead atoms. The number of rotatable bonds is 8. The van der Waals surface area contributed by atoms with Crippen LogP contribution >= 0.6 is 22.9 Å². The third-order valence-corrected chi connectivity index (χ3v) is 3.89. The highest BCUT2D eigenvalue weighted by atomic mass is 127. The van der Waals surface area contributed by atoms with E-state index in [9.17, 15) is 9.59 Å². The summed E-state index contributed by atoms with van der Waals surface area (Å²) in [5.41, 5.74) is 0.989. The van der Waals surface area contributed by atoms with Gasteiger partial charge in [-0.05, 0) is 25.2 Å². The highest BCUT2D eigenvalue weighted by Crippen LogP contribution is 2.23. The summed E-state index contributed by atoms with van der Waals surface area (Å²) in [6, 6.07) is 4.57. The summed E-state index contributed by atoms with van der Waals surface area (Å²) in [4.78, 5) is 25.8. The van der Waals surface area contributed by atoms with Gasteiger partial charge in [0.25, 0.3) is 5.91 Å². The molecule has 1 aromatic carbocycles. The first-order valence-corrected chi connectivity index (χ1v) is 8.49. The molecule has 0 spiro atoms. The van der Waals surface area contributed by atoms with Gasteiger partial charge in [0, 0.05) is 24.8 Å². The molecule has 0 fully saturated rings. The number of methoxy groups -OCH3 is 1. The first-order chi connectivity index (χ1) is 11.0. The van der Waals surface area contributed by atoms with Crippen LogP contribution in [0.4, 0.5) is 10.5 Å². The number of nitrogens with zero attached hydrogens (tertiary/aromatic N) is 1. The lowest BCUT2D eigenvalue weighted by molar-refractivity contribution is 0.0946. The van der Waals surface area contributed by atoms with Crippen molar-refractivity contribution >= 4 is 40.5 Å². The zero-order chi connectivity index (χ0) is 17.2. The van der Waals surface area contributed by atoms with Crippen molar-refractivity contribution in [2.75, 3.05) is 38.6 Å². The Labute approximate surface area is 150 Å². The molecule has 0 atom stereocenters. The standard InChI is InChI=1S/C15H23IN4O3/c1-4-20(5-2)9-8-17-14(21)12-7-6-11(10-13(12)23-3)18-15(22)19-16/h6-7,10H,4-5,8-9H2,1-3H3,(H,17,21)(H2,18,19,22). The molecule has 0 saturated carbocycles. The van der Waals surface area contributed by atoms with E-state index in [0.29, 0.717) is 23.5 Å². The predicted octanol–water partition coefficient (Wildman–Crippen LogP) is 2.24. The predicted molar refractivity (Wildman–Crippen MR) is 99.3 cm³/mol. The van der Waals surface area contributed by atoms with Crippen molar-refractivity contribution in [2.45, 2.75) is 13.8 Å². The van der Waals surface area contributed by atoms with Gasteiger partial charge in [0.2, 0.25) is 0 Å². The van der Waals surface area contributed by atoms with Crippen molar-refractivity contribution in [3.63, 3.8) is 0 Å². The summed E-state index contributed by atoms with van der Waals surface area (Å²) in [7, 11) is 1.49. The molecule has 0 aromatic heterocycles. The van der Waals surface area contributed by atoms with Crippen molar-refractivity contribution in [3.8, 4) is 5.75 Å². The Bertz CT molecular complexity index is 535. The summed E-state index contributed by atoms with van der Waals surface area (Å²) in [5.74, 6) is 0.218. The lowest BCUT2D eigenvalue weighted by Crippen LogP contribution is -2.34. The third kappa shape index (κ3) is 6.22. The molecular formula is C15H23IN4O3. The molecule has 0 heterocycles. The molecule has 0 saturated heterocycles. The number of hydrogen-bond acceptors (Lipinski definition) is 4. The smallest absolute Gasteiger partial charge is 0.327 e. The monoisotopic (exact) mass is 434 g/mol. The highest BCUT2D eigenvalue weighted by molar-refractivity contribution is 14.1. The van der Waals surface area contributed by atoms with Crippen molar-refractivity contribution < 1.29 is 14.3 Å². The zero-order valence-electron chi connectivity index (χ0n) is 13.6. The summed E-state index contributed by atoms with van der Waals surface area (Å²) >= 11 is 1.74. The Hall–Kier alpha value is -1.55. The van der Waals surface area contributed by atoms with Gasteiger partial charge in [0.05, 0.1) is 35.5 Å². The Kier molecular flexibility index (Phi) is 8.70. The average Bonchev–Trinajstić information content (AvgIpc) is 2.58. The lowest BCUT2D eigenvalue weighted by Gasteiger charge is -2.18. The van der Waals surface area contributed by atoms with E-state index in [0.717, 1.165) is 19.6 Å². The van der Waals surface area contributed by atoms with Crippen LogP contribution in [0.5, 0.6) is 5.75 Å². The second-order valence-corrected chi connectivity index (χ2v) is 5.29. The minimum Gasteiger partial charge on any atom is -0.496 e. The van der Waals surface area contributed by atoms with Gasteiger partial charge in [-0.25, -0.2) is 4.79 Å². The van der Waals surface area contributed by atoms with Crippen LogP contribution in [0.15, 0.2) is 18.2 Å². The number of carbonyl (C=O) groups is 2. The Balaban J connectivity index is 2.71. The minimum absolute atomic E-state index is 0.195. The van der Waals surface area contributed by atoms with Gasteiger partial charge in [-0.15, -0.1) is 0 Å². The number of benzene rings is 1. The molecule has 0 radical (unpaired) electrons. The molecule has 1 rings (SSSR count). The average molecular weight is 434 g/mol. The van der Waals surface area contributed by atoms with Gasteiger partial charge in [-0.3, -0.25) is 8.32 Å². The molecule has 8 heteroatoms. The van der Waals surface area contributed by atoms with E-state index in [4.69, 9.17) is 4.74 Å². The lowest BCUT2D eigenvalue weighted by atomic mass is 10.1. The SMILES string of the molecule is CCN(CC)CCNC(=O)c1ccc(NC(=O)NI)cc1OC. The van der Waals surface area contributed by atoms with Crippen LogP contribution in [0.25, 0.3) is 0 Å². The van der Waals surface area contributed by atoms with Crippen LogP contribution in [0.3, 0.4) is 0 Å². The number of hydrogen-bond donors (Lipinski definition) is 3. The van der Waals surface area contributed by atoms with Crippen LogP contribution in [0.1, 0.15) is 24.2 Å². The number of nitrogens with one attached hydrogen (secondary N) is 3. The van der Waals surface area contributed by atoms with Crippen molar-refractivity contribution in [1.29, 1.82) is 0 Å². The van der Waals surface area contributed by atoms with Crippen LogP contribution in [-0.4, -0.2) is 50.1 Å². The Morgan fingerprint density at radius 3 is 2.52 bits per heavy atom. The maximum absolute atomic E-state index is 12.3. The molecular weight excluding hydrogens is 411 g/mol. The Morgan fingerprint density at radius 2 is 1.96 bits per heavy atom. The largest absolute Gasteiger partial charge is 0.496 e. The van der Waals surface area contributed by atoms with E-state index < -0.39 is 0 Å². The first kappa shape index (κ1) is 19.5. The van der Waals surface area contributed by atoms with Gasteiger partial charge in [0.1, 0.15) is 5.75 Å². The number of halogens is 1. The Morgan fingerprint density at radius 1 is 1.26 bits per heavy atom. The van der Waals surface area contributed by atoms with E-state index in [2.05, 4.69) is 32.9 Å². The van der Waals surface area contributed by atoms with Gasteiger partial charge in [-0.2, -0.15) is 0 Å². The highest BCUT2D eigenvalue weighted by Gasteiger charge is 2.13. The fraction of sp³-hybridized carbons (Fsp3) is 0.467. The topological polar surface area (TPSA) is 82.7 Å². The quantitative estimate of drug-likeness (QED) is 0.433. The molecule has 128 valence electrons. The zero-order valence-corrected chi connectivity index (χ0v) is 15.8. The number of anilines is 1. The van der Waals surface area contributed by atoms with E-state index in [1.165, 1.54) is 7.11 Å². The van der Waals surface area contributed by atoms with Gasteiger partial charge >= 0.3 is 6.03 Å². The van der Waals surface area contributed by atoms with Gasteiger partial charge in [-0.1, -0.05) is 13.8 Å². The van der Waals surface area contributed by atoms with Crippen molar-refractivity contribution in [3.05, 3.63) is 23.8 Å². The number of urea groups is 1. The summed E-state index contributed by atoms with van der Waals surface area (Å²) < 4.78 is 7.68. The van der Waals surface area contributed by atoms with E-state index in [1.54, 1.807) is 41.1 Å². The normalized spacial score (nSPS) is 10.3. The molecule has 3 N–H and O–H groups in total. The fourth-order valence-corrected chi connectivity index (χ4v) is 2.21. The van der Waals surface area contributed by atoms with Crippen molar-refractivity contribution in [1.82, 2.24) is 13.7 Å². The molecule has 3 amide bonds. The maximum Gasteiger partial charge on any atom is 0.327 e. The van der Waals surface area contributed by atoms with Crippen LogP contribution in [0.2, 0.25) is 0 Å². The van der Waals surface area contributed by atoms with E-state index >= 15 is 0 Å². The second-order valence-electron chi connectivity index (χ2n) is 4.75. The van der Waals surface area contributed by atoms with Crippen LogP contribution in [0, 0.1) is 0 Å². The van der Waals surface area contributed by atoms with Gasteiger partial charge in [0.15, 0.2) is 0 Å². The summed E-state index contributed by atoms with van der Waals surface area (Å²) in [6.07, 6.45) is 0. The fourth-order valence-electron chi connectivity index (χ4n) is 2.07. The molecule has 0 aliphatic rings. The van der Waals surface area contributed by atoms with Crippen molar-refractivity contribution in [2.24, 2.45) is 0 Å². The first-order valence-electron chi connectivity index (χ1n) is 7.41. The summed E-state index contributed by atoms with van der Waals surface area (Å²) in [5, 5.41) is 5.51. The second kappa shape index (κ2) is 10.3. The number of ether oxygens (including phenoxy) is 1. The molecule has 7 nitrogen and oxygen atoms in total. The van der Waals surface area contributed by atoms with E-state index in [1.807, 2.05) is 0 Å². The number of likely N-dealkylation sites (N-methyl/N-ethyl adjacent to an activating group) is 1. The van der Waals surface area contributed by atoms with E-state index in [-0.39, 0.29) is 11.9 Å². The van der Waals surface area contributed by atoms with Crippen LogP contribution < -0.4 is 18.9 Å². The molecule has 23 heavy (non-hydrogen) atoms. The number of amides is 3. The third-order valence-electron chi connectivity index (χ3n) is 3.40. The van der Waals surface area contributed by atoms with Crippen LogP contribution in [-0.2, 0) is 0 Å². The maximum atomic E-state index is 12.3. The summed E-state index contributed by atoms with van der Waals surface area (Å²) in [6.45, 7) is 7.46. The molecule has 0 aliphatic carbocycles. The van der Waals surface area contributed by atoms with Gasteiger partial charge < -0.3 is 20.3 Å². The number of carbonyl (C=O) groups excluding carboxylic acids is 2. The molecule has 0 unspecified atom stereocenters. The molecule has 0 aliphatic heterocycles.